The van der Waals surface area contributed by atoms with Gasteiger partial charge in [-0.3, -0.25) is 0 Å². The van der Waals surface area contributed by atoms with Crippen LogP contribution in [0.25, 0.3) is 0 Å². The monoisotopic (exact) mass is 278 g/mol. The van der Waals surface area contributed by atoms with Crippen molar-refractivity contribution in [2.75, 3.05) is 5.32 Å². The highest BCUT2D eigenvalue weighted by Gasteiger charge is 2.08. The van der Waals surface area contributed by atoms with E-state index < -0.39 is 11.6 Å². The maximum absolute atomic E-state index is 13.8. The van der Waals surface area contributed by atoms with E-state index >= 15 is 0 Å². The molecule has 19 heavy (non-hydrogen) atoms. The molecule has 0 saturated carbocycles. The van der Waals surface area contributed by atoms with Gasteiger partial charge in [-0.25, -0.2) is 8.78 Å². The molecule has 0 radical (unpaired) electrons. The summed E-state index contributed by atoms with van der Waals surface area (Å²) in [7, 11) is 0. The molecule has 0 unspecified atom stereocenters. The molecule has 0 fully saturated rings. The van der Waals surface area contributed by atoms with E-state index in [0.29, 0.717) is 5.56 Å². The Hall–Kier alpha value is -2.01. The lowest BCUT2D eigenvalue weighted by Crippen LogP contribution is -2.10. The molecular formula is C14H12F2N2S. The fourth-order valence-corrected chi connectivity index (χ4v) is 1.76. The van der Waals surface area contributed by atoms with E-state index in [9.17, 15) is 8.78 Å². The third kappa shape index (κ3) is 3.06. The largest absolute Gasteiger partial charge is 0.389 e. The molecule has 0 amide bonds. The zero-order chi connectivity index (χ0) is 14.0. The zero-order valence-electron chi connectivity index (χ0n) is 10.2. The standard InChI is InChI=1S/C14H12F2N2S/c1-8-2-4-12(10(15)6-8)18-13-5-3-9(14(17)19)7-11(13)16/h2-7,18H,1H3,(H2,17,19). The van der Waals surface area contributed by atoms with Gasteiger partial charge in [0.25, 0.3) is 0 Å². The molecule has 2 aromatic rings. The fraction of sp³-hybridized carbons (Fsp3) is 0.0714. The Morgan fingerprint density at radius 1 is 1.05 bits per heavy atom. The van der Waals surface area contributed by atoms with Crippen LogP contribution in [0.3, 0.4) is 0 Å². The molecule has 98 valence electrons. The molecule has 2 aromatic carbocycles. The molecule has 3 N–H and O–H groups in total. The molecule has 0 aromatic heterocycles. The highest BCUT2D eigenvalue weighted by Crippen LogP contribution is 2.23. The predicted octanol–water partition coefficient (Wildman–Crippen LogP) is 3.65. The number of anilines is 2. The van der Waals surface area contributed by atoms with Crippen molar-refractivity contribution in [3.8, 4) is 0 Å². The molecule has 0 bridgehead atoms. The molecular weight excluding hydrogens is 266 g/mol. The first-order valence-corrected chi connectivity index (χ1v) is 6.01. The van der Waals surface area contributed by atoms with Crippen molar-refractivity contribution < 1.29 is 8.78 Å². The molecule has 0 saturated heterocycles. The summed E-state index contributed by atoms with van der Waals surface area (Å²) in [6, 6.07) is 8.96. The molecule has 2 nitrogen and oxygen atoms in total. The first-order chi connectivity index (χ1) is 8.97. The van der Waals surface area contributed by atoms with E-state index in [1.807, 2.05) is 0 Å². The maximum atomic E-state index is 13.8. The lowest BCUT2D eigenvalue weighted by molar-refractivity contribution is 0.625. The van der Waals surface area contributed by atoms with Gasteiger partial charge < -0.3 is 11.1 Å². The van der Waals surface area contributed by atoms with Crippen LogP contribution in [0.2, 0.25) is 0 Å². The van der Waals surface area contributed by atoms with Crippen LogP contribution in [0, 0.1) is 18.6 Å². The predicted molar refractivity (Wildman–Crippen MR) is 76.7 cm³/mol. The quantitative estimate of drug-likeness (QED) is 0.842. The van der Waals surface area contributed by atoms with Crippen molar-refractivity contribution >= 4 is 28.6 Å². The second-order valence-corrected chi connectivity index (χ2v) is 4.61. The van der Waals surface area contributed by atoms with Crippen molar-refractivity contribution in [1.29, 1.82) is 0 Å². The Balaban J connectivity index is 2.31. The number of hydrogen-bond acceptors (Lipinski definition) is 2. The molecule has 0 heterocycles. The van der Waals surface area contributed by atoms with Gasteiger partial charge in [-0.15, -0.1) is 0 Å². The van der Waals surface area contributed by atoms with Crippen LogP contribution >= 0.6 is 12.2 Å². The summed E-state index contributed by atoms with van der Waals surface area (Å²) >= 11 is 4.76. The SMILES string of the molecule is Cc1ccc(Nc2ccc(C(N)=S)cc2F)c(F)c1. The first-order valence-electron chi connectivity index (χ1n) is 5.60. The van der Waals surface area contributed by atoms with Crippen molar-refractivity contribution in [3.05, 3.63) is 59.2 Å². The summed E-state index contributed by atoms with van der Waals surface area (Å²) in [4.78, 5) is 0.118. The van der Waals surface area contributed by atoms with Crippen molar-refractivity contribution in [3.63, 3.8) is 0 Å². The summed E-state index contributed by atoms with van der Waals surface area (Å²) in [5.74, 6) is -0.969. The average Bonchev–Trinajstić information content (AvgIpc) is 2.34. The second kappa shape index (κ2) is 5.32. The third-order valence-electron chi connectivity index (χ3n) is 2.65. The number of halogens is 2. The summed E-state index contributed by atoms with van der Waals surface area (Å²) in [5, 5.41) is 2.70. The van der Waals surface area contributed by atoms with E-state index in [4.69, 9.17) is 18.0 Å². The average molecular weight is 278 g/mol. The Bertz CT molecular complexity index is 641. The summed E-state index contributed by atoms with van der Waals surface area (Å²) in [6.45, 7) is 1.78. The molecule has 0 spiro atoms. The number of nitrogens with two attached hydrogens (primary N) is 1. The second-order valence-electron chi connectivity index (χ2n) is 4.17. The topological polar surface area (TPSA) is 38.0 Å². The van der Waals surface area contributed by atoms with Gasteiger partial charge in [-0.2, -0.15) is 0 Å². The number of benzene rings is 2. The lowest BCUT2D eigenvalue weighted by atomic mass is 10.1. The van der Waals surface area contributed by atoms with E-state index in [-0.39, 0.29) is 16.4 Å². The first kappa shape index (κ1) is 13.4. The lowest BCUT2D eigenvalue weighted by Gasteiger charge is -2.10. The summed E-state index contributed by atoms with van der Waals surface area (Å²) < 4.78 is 27.5. The van der Waals surface area contributed by atoms with Crippen LogP contribution in [0.5, 0.6) is 0 Å². The van der Waals surface area contributed by atoms with Gasteiger partial charge in [0.05, 0.1) is 11.4 Å². The van der Waals surface area contributed by atoms with Crippen LogP contribution in [0.15, 0.2) is 36.4 Å². The van der Waals surface area contributed by atoms with Crippen LogP contribution in [0.1, 0.15) is 11.1 Å². The van der Waals surface area contributed by atoms with Crippen LogP contribution in [0.4, 0.5) is 20.2 Å². The van der Waals surface area contributed by atoms with Gasteiger partial charge in [0, 0.05) is 5.56 Å². The molecule has 0 aliphatic rings. The smallest absolute Gasteiger partial charge is 0.147 e. The number of thiocarbonyl (C=S) groups is 1. The summed E-state index contributed by atoms with van der Waals surface area (Å²) in [5.41, 5.74) is 7.03. The van der Waals surface area contributed by atoms with E-state index in [2.05, 4.69) is 5.32 Å². The minimum Gasteiger partial charge on any atom is -0.389 e. The van der Waals surface area contributed by atoms with Crippen LogP contribution < -0.4 is 11.1 Å². The van der Waals surface area contributed by atoms with Gasteiger partial charge >= 0.3 is 0 Å². The molecule has 2 rings (SSSR count). The number of nitrogens with one attached hydrogen (secondary N) is 1. The Morgan fingerprint density at radius 2 is 1.63 bits per heavy atom. The Morgan fingerprint density at radius 3 is 2.16 bits per heavy atom. The van der Waals surface area contributed by atoms with E-state index in [0.717, 1.165) is 5.56 Å². The molecule has 0 aliphatic carbocycles. The van der Waals surface area contributed by atoms with Gasteiger partial charge in [0.1, 0.15) is 16.6 Å². The van der Waals surface area contributed by atoms with Crippen molar-refractivity contribution in [2.45, 2.75) is 6.92 Å². The van der Waals surface area contributed by atoms with Gasteiger partial charge in [-0.05, 0) is 42.8 Å². The summed E-state index contributed by atoms with van der Waals surface area (Å²) in [6.07, 6.45) is 0. The molecule has 5 heteroatoms. The number of hydrogen-bond donors (Lipinski definition) is 2. The van der Waals surface area contributed by atoms with Gasteiger partial charge in [0.2, 0.25) is 0 Å². The highest BCUT2D eigenvalue weighted by molar-refractivity contribution is 7.80. The maximum Gasteiger partial charge on any atom is 0.147 e. The van der Waals surface area contributed by atoms with Crippen molar-refractivity contribution in [1.82, 2.24) is 0 Å². The normalized spacial score (nSPS) is 10.3. The van der Waals surface area contributed by atoms with Crippen LogP contribution in [-0.2, 0) is 0 Å². The molecule has 0 atom stereocenters. The van der Waals surface area contributed by atoms with Crippen molar-refractivity contribution in [2.24, 2.45) is 5.73 Å². The number of aryl methyl sites for hydroxylation is 1. The Labute approximate surface area is 115 Å². The minimum atomic E-state index is -0.537. The third-order valence-corrected chi connectivity index (χ3v) is 2.88. The van der Waals surface area contributed by atoms with Gasteiger partial charge in [0.15, 0.2) is 0 Å². The Kier molecular flexibility index (Phi) is 3.76. The zero-order valence-corrected chi connectivity index (χ0v) is 11.0. The van der Waals surface area contributed by atoms with E-state index in [1.54, 1.807) is 25.1 Å². The fourth-order valence-electron chi connectivity index (χ4n) is 1.64. The minimum absolute atomic E-state index is 0.118. The van der Waals surface area contributed by atoms with Gasteiger partial charge in [-0.1, -0.05) is 18.3 Å². The van der Waals surface area contributed by atoms with Crippen LogP contribution in [-0.4, -0.2) is 4.99 Å². The van der Waals surface area contributed by atoms with E-state index in [1.165, 1.54) is 18.2 Å². The molecule has 0 aliphatic heterocycles. The highest BCUT2D eigenvalue weighted by atomic mass is 32.1. The number of rotatable bonds is 3.